The second kappa shape index (κ2) is 7.48. The Kier molecular flexibility index (Phi) is 4.89. The Hall–Kier alpha value is -2.74. The summed E-state index contributed by atoms with van der Waals surface area (Å²) in [7, 11) is 0. The van der Waals surface area contributed by atoms with Gasteiger partial charge in [0.15, 0.2) is 5.11 Å². The first-order valence-corrected chi connectivity index (χ1v) is 9.19. The van der Waals surface area contributed by atoms with Crippen LogP contribution < -0.4 is 10.6 Å². The van der Waals surface area contributed by atoms with E-state index in [0.717, 1.165) is 42.0 Å². The standard InChI is InChI=1S/C19H19F2N5S/c20-13-7-14(21)9-17(8-13)24-19(27)26-5-1-2-16(11-26)23-15-3-4-18-12(6-15)10-22-25-18/h3-4,6-10,16,23H,1-2,5,11H2,(H,22,25)(H,24,27). The van der Waals surface area contributed by atoms with E-state index in [1.807, 2.05) is 17.0 Å². The highest BCUT2D eigenvalue weighted by atomic mass is 32.1. The monoisotopic (exact) mass is 387 g/mol. The van der Waals surface area contributed by atoms with E-state index in [4.69, 9.17) is 12.2 Å². The number of aromatic nitrogens is 2. The number of hydrogen-bond donors (Lipinski definition) is 3. The molecule has 2 heterocycles. The van der Waals surface area contributed by atoms with Crippen LogP contribution in [-0.2, 0) is 0 Å². The molecule has 0 saturated carbocycles. The fourth-order valence-electron chi connectivity index (χ4n) is 3.38. The molecule has 1 aliphatic heterocycles. The van der Waals surface area contributed by atoms with Gasteiger partial charge in [-0.05, 0) is 55.4 Å². The molecular weight excluding hydrogens is 368 g/mol. The van der Waals surface area contributed by atoms with Crippen LogP contribution >= 0.6 is 12.2 Å². The molecule has 5 nitrogen and oxygen atoms in total. The number of anilines is 2. The van der Waals surface area contributed by atoms with Crippen LogP contribution in [0, 0.1) is 11.6 Å². The van der Waals surface area contributed by atoms with Gasteiger partial charge in [0.25, 0.3) is 0 Å². The van der Waals surface area contributed by atoms with E-state index in [9.17, 15) is 8.78 Å². The molecule has 1 atom stereocenters. The molecule has 0 amide bonds. The van der Waals surface area contributed by atoms with Crippen molar-refractivity contribution in [1.29, 1.82) is 0 Å². The molecule has 0 aliphatic carbocycles. The fraction of sp³-hybridized carbons (Fsp3) is 0.263. The molecule has 27 heavy (non-hydrogen) atoms. The van der Waals surface area contributed by atoms with Crippen molar-refractivity contribution in [2.24, 2.45) is 0 Å². The zero-order valence-corrected chi connectivity index (χ0v) is 15.3. The molecular formula is C19H19F2N5S. The lowest BCUT2D eigenvalue weighted by molar-refractivity contribution is 0.325. The van der Waals surface area contributed by atoms with E-state index >= 15 is 0 Å². The third-order valence-electron chi connectivity index (χ3n) is 4.63. The maximum Gasteiger partial charge on any atom is 0.173 e. The second-order valence-corrected chi connectivity index (χ2v) is 7.08. The number of halogens is 2. The lowest BCUT2D eigenvalue weighted by Crippen LogP contribution is -2.46. The summed E-state index contributed by atoms with van der Waals surface area (Å²) in [6.07, 6.45) is 3.80. The summed E-state index contributed by atoms with van der Waals surface area (Å²) in [6, 6.07) is 9.61. The zero-order chi connectivity index (χ0) is 18.8. The number of thiocarbonyl (C=S) groups is 1. The smallest absolute Gasteiger partial charge is 0.173 e. The van der Waals surface area contributed by atoms with Crippen LogP contribution in [0.25, 0.3) is 10.9 Å². The van der Waals surface area contributed by atoms with E-state index in [-0.39, 0.29) is 6.04 Å². The summed E-state index contributed by atoms with van der Waals surface area (Å²) in [4.78, 5) is 2.02. The van der Waals surface area contributed by atoms with Crippen molar-refractivity contribution in [1.82, 2.24) is 15.1 Å². The number of aromatic amines is 1. The molecule has 0 spiro atoms. The highest BCUT2D eigenvalue weighted by Crippen LogP contribution is 2.21. The molecule has 0 bridgehead atoms. The molecule has 140 valence electrons. The average molecular weight is 387 g/mol. The molecule has 8 heteroatoms. The minimum atomic E-state index is -0.631. The Labute approximate surface area is 160 Å². The number of benzene rings is 2. The summed E-state index contributed by atoms with van der Waals surface area (Å²) in [6.45, 7) is 1.52. The molecule has 2 aromatic carbocycles. The van der Waals surface area contributed by atoms with Gasteiger partial charge >= 0.3 is 0 Å². The number of hydrogen-bond acceptors (Lipinski definition) is 3. The maximum absolute atomic E-state index is 13.4. The molecule has 3 N–H and O–H groups in total. The van der Waals surface area contributed by atoms with Crippen LogP contribution in [0.4, 0.5) is 20.2 Å². The molecule has 1 unspecified atom stereocenters. The lowest BCUT2D eigenvalue weighted by atomic mass is 10.1. The van der Waals surface area contributed by atoms with Crippen LogP contribution in [0.15, 0.2) is 42.6 Å². The van der Waals surface area contributed by atoms with Gasteiger partial charge in [-0.15, -0.1) is 0 Å². The minimum absolute atomic E-state index is 0.229. The second-order valence-electron chi connectivity index (χ2n) is 6.69. The first-order valence-electron chi connectivity index (χ1n) is 8.78. The van der Waals surface area contributed by atoms with Gasteiger partial charge in [-0.3, -0.25) is 5.10 Å². The number of piperidine rings is 1. The van der Waals surface area contributed by atoms with Crippen molar-refractivity contribution in [3.8, 4) is 0 Å². The summed E-state index contributed by atoms with van der Waals surface area (Å²) in [5, 5.41) is 15.0. The number of rotatable bonds is 3. The Bertz CT molecular complexity index is 953. The largest absolute Gasteiger partial charge is 0.381 e. The summed E-state index contributed by atoms with van der Waals surface area (Å²) in [5.74, 6) is -1.26. The lowest BCUT2D eigenvalue weighted by Gasteiger charge is -2.35. The molecule has 1 aromatic heterocycles. The van der Waals surface area contributed by atoms with Gasteiger partial charge in [0, 0.05) is 42.0 Å². The van der Waals surface area contributed by atoms with E-state index in [2.05, 4.69) is 26.9 Å². The summed E-state index contributed by atoms with van der Waals surface area (Å²) < 4.78 is 26.7. The third kappa shape index (κ3) is 4.16. The highest BCUT2D eigenvalue weighted by molar-refractivity contribution is 7.80. The number of nitrogens with zero attached hydrogens (tertiary/aromatic N) is 2. The van der Waals surface area contributed by atoms with Crippen LogP contribution in [0.1, 0.15) is 12.8 Å². The zero-order valence-electron chi connectivity index (χ0n) is 14.5. The molecule has 0 radical (unpaired) electrons. The Morgan fingerprint density at radius 3 is 2.78 bits per heavy atom. The first-order chi connectivity index (χ1) is 13.1. The van der Waals surface area contributed by atoms with Crippen molar-refractivity contribution >= 4 is 39.6 Å². The fourth-order valence-corrected chi connectivity index (χ4v) is 3.66. The quantitative estimate of drug-likeness (QED) is 0.591. The summed E-state index contributed by atoms with van der Waals surface area (Å²) >= 11 is 5.44. The van der Waals surface area contributed by atoms with Gasteiger partial charge in [-0.2, -0.15) is 5.10 Å². The van der Waals surface area contributed by atoms with Crippen molar-refractivity contribution in [3.05, 3.63) is 54.2 Å². The van der Waals surface area contributed by atoms with Gasteiger partial charge in [-0.25, -0.2) is 8.78 Å². The average Bonchev–Trinajstić information content (AvgIpc) is 3.09. The van der Waals surface area contributed by atoms with E-state index in [1.54, 1.807) is 6.20 Å². The van der Waals surface area contributed by atoms with Crippen molar-refractivity contribution in [2.75, 3.05) is 23.7 Å². The Morgan fingerprint density at radius 1 is 1.15 bits per heavy atom. The van der Waals surface area contributed by atoms with E-state index in [0.29, 0.717) is 17.3 Å². The normalized spacial score (nSPS) is 17.1. The number of likely N-dealkylation sites (tertiary alicyclic amines) is 1. The molecule has 1 aliphatic rings. The number of fused-ring (bicyclic) bond motifs is 1. The SMILES string of the molecule is Fc1cc(F)cc(NC(=S)N2CCCC(Nc3ccc4[nH]ncc4c3)C2)c1. The number of nitrogens with one attached hydrogen (secondary N) is 3. The molecule has 1 saturated heterocycles. The third-order valence-corrected chi connectivity index (χ3v) is 4.99. The topological polar surface area (TPSA) is 56.0 Å². The minimum Gasteiger partial charge on any atom is -0.381 e. The molecule has 1 fully saturated rings. The van der Waals surface area contributed by atoms with Gasteiger partial charge in [0.2, 0.25) is 0 Å². The van der Waals surface area contributed by atoms with Crippen molar-refractivity contribution in [3.63, 3.8) is 0 Å². The van der Waals surface area contributed by atoms with Gasteiger partial charge in [-0.1, -0.05) is 0 Å². The van der Waals surface area contributed by atoms with Crippen molar-refractivity contribution in [2.45, 2.75) is 18.9 Å². The van der Waals surface area contributed by atoms with Gasteiger partial charge in [0.05, 0.1) is 11.7 Å². The first kappa shape index (κ1) is 17.7. The van der Waals surface area contributed by atoms with Crippen LogP contribution in [0.3, 0.4) is 0 Å². The summed E-state index contributed by atoms with van der Waals surface area (Å²) in [5.41, 5.74) is 2.35. The Balaban J connectivity index is 1.40. The predicted octanol–water partition coefficient (Wildman–Crippen LogP) is 4.11. The van der Waals surface area contributed by atoms with Gasteiger partial charge < -0.3 is 15.5 Å². The van der Waals surface area contributed by atoms with E-state index in [1.165, 1.54) is 12.1 Å². The van der Waals surface area contributed by atoms with Crippen LogP contribution in [0.5, 0.6) is 0 Å². The van der Waals surface area contributed by atoms with Crippen molar-refractivity contribution < 1.29 is 8.78 Å². The maximum atomic E-state index is 13.4. The number of H-pyrrole nitrogens is 1. The Morgan fingerprint density at radius 2 is 1.96 bits per heavy atom. The van der Waals surface area contributed by atoms with Gasteiger partial charge in [0.1, 0.15) is 11.6 Å². The van der Waals surface area contributed by atoms with Crippen LogP contribution in [0.2, 0.25) is 0 Å². The van der Waals surface area contributed by atoms with E-state index < -0.39 is 11.6 Å². The molecule has 3 aromatic rings. The molecule has 4 rings (SSSR count). The predicted molar refractivity (Wildman–Crippen MR) is 107 cm³/mol. The highest BCUT2D eigenvalue weighted by Gasteiger charge is 2.22. The van der Waals surface area contributed by atoms with Crippen LogP contribution in [-0.4, -0.2) is 39.3 Å².